The second-order valence-electron chi connectivity index (χ2n) is 6.09. The van der Waals surface area contributed by atoms with E-state index in [4.69, 9.17) is 0 Å². The number of likely N-dealkylation sites (tertiary alicyclic amines) is 1. The van der Waals surface area contributed by atoms with Crippen LogP contribution in [0.1, 0.15) is 29.9 Å². The summed E-state index contributed by atoms with van der Waals surface area (Å²) in [5.74, 6) is -0.0173. The summed E-state index contributed by atoms with van der Waals surface area (Å²) in [5.41, 5.74) is -3.96. The highest BCUT2D eigenvalue weighted by Crippen LogP contribution is 2.44. The minimum atomic E-state index is -5.65. The summed E-state index contributed by atoms with van der Waals surface area (Å²) in [7, 11) is -5.65. The number of halogens is 3. The summed E-state index contributed by atoms with van der Waals surface area (Å²) in [6, 6.07) is 5.01. The van der Waals surface area contributed by atoms with Crippen molar-refractivity contribution in [1.82, 2.24) is 4.90 Å². The molecule has 1 fully saturated rings. The van der Waals surface area contributed by atoms with Crippen LogP contribution in [-0.2, 0) is 16.5 Å². The molecule has 1 heterocycles. The van der Waals surface area contributed by atoms with Crippen LogP contribution in [0.5, 0.6) is 5.75 Å². The molecule has 1 aliphatic heterocycles. The zero-order valence-corrected chi connectivity index (χ0v) is 13.7. The minimum Gasteiger partial charge on any atom is -0.376 e. The lowest BCUT2D eigenvalue weighted by Gasteiger charge is -2.33. The molecule has 8 heteroatoms. The van der Waals surface area contributed by atoms with Crippen molar-refractivity contribution >= 4 is 10.1 Å². The van der Waals surface area contributed by atoms with Gasteiger partial charge in [-0.3, -0.25) is 4.90 Å². The summed E-state index contributed by atoms with van der Waals surface area (Å²) >= 11 is 0. The Morgan fingerprint density at radius 1 is 1.33 bits per heavy atom. The van der Waals surface area contributed by atoms with Crippen molar-refractivity contribution in [3.63, 3.8) is 0 Å². The molecule has 0 amide bonds. The Balaban J connectivity index is 1.92. The highest BCUT2D eigenvalue weighted by molar-refractivity contribution is 7.88. The second-order valence-corrected chi connectivity index (χ2v) is 7.63. The number of benzene rings is 1. The SMILES string of the molecule is C=CCN1CC[C@@H]2c3cccc(OS(=O)(=O)C(F)(F)F)c3CC[C@H]21. The van der Waals surface area contributed by atoms with Gasteiger partial charge in [-0.05, 0) is 43.0 Å². The van der Waals surface area contributed by atoms with Crippen molar-refractivity contribution in [2.45, 2.75) is 36.7 Å². The third-order valence-electron chi connectivity index (χ3n) is 4.77. The lowest BCUT2D eigenvalue weighted by Crippen LogP contribution is -2.35. The van der Waals surface area contributed by atoms with Crippen LogP contribution in [0.2, 0.25) is 0 Å². The van der Waals surface area contributed by atoms with E-state index in [0.29, 0.717) is 18.0 Å². The first kappa shape index (κ1) is 17.3. The molecule has 2 atom stereocenters. The van der Waals surface area contributed by atoms with Crippen LogP contribution < -0.4 is 4.18 Å². The van der Waals surface area contributed by atoms with E-state index >= 15 is 0 Å². The maximum Gasteiger partial charge on any atom is 0.534 e. The molecule has 1 aromatic carbocycles. The normalized spacial score (nSPS) is 24.3. The molecule has 132 valence electrons. The van der Waals surface area contributed by atoms with Gasteiger partial charge in [-0.2, -0.15) is 21.6 Å². The largest absolute Gasteiger partial charge is 0.534 e. The minimum absolute atomic E-state index is 0.186. The molecule has 0 N–H and O–H groups in total. The molecule has 0 saturated carbocycles. The molecule has 1 saturated heterocycles. The van der Waals surface area contributed by atoms with Crippen LogP contribution in [0.25, 0.3) is 0 Å². The number of hydrogen-bond acceptors (Lipinski definition) is 4. The average Bonchev–Trinajstić information content (AvgIpc) is 2.90. The molecular formula is C16H18F3NO3S. The molecule has 4 nitrogen and oxygen atoms in total. The van der Waals surface area contributed by atoms with Crippen molar-refractivity contribution in [2.75, 3.05) is 13.1 Å². The smallest absolute Gasteiger partial charge is 0.376 e. The summed E-state index contributed by atoms with van der Waals surface area (Å²) < 4.78 is 64.7. The standard InChI is InChI=1S/C16H18F3NO3S/c1-2-9-20-10-8-12-11-4-3-5-15(13(11)6-7-14(12)20)23-24(21,22)16(17,18)19/h2-5,12,14H,1,6-10H2/t12-,14-/m1/s1. The average molecular weight is 361 g/mol. The van der Waals surface area contributed by atoms with Gasteiger partial charge < -0.3 is 4.18 Å². The van der Waals surface area contributed by atoms with Gasteiger partial charge in [0.1, 0.15) is 5.75 Å². The molecule has 1 aliphatic carbocycles. The molecule has 1 aromatic rings. The van der Waals surface area contributed by atoms with Crippen molar-refractivity contribution in [3.05, 3.63) is 42.0 Å². The van der Waals surface area contributed by atoms with E-state index in [9.17, 15) is 21.6 Å². The monoisotopic (exact) mass is 361 g/mol. The zero-order chi connectivity index (χ0) is 17.5. The number of alkyl halides is 3. The first-order valence-corrected chi connectivity index (χ1v) is 9.13. The molecule has 0 aromatic heterocycles. The fourth-order valence-electron chi connectivity index (χ4n) is 3.79. The molecular weight excluding hydrogens is 343 g/mol. The Kier molecular flexibility index (Phi) is 4.37. The van der Waals surface area contributed by atoms with Crippen LogP contribution in [0.3, 0.4) is 0 Å². The van der Waals surface area contributed by atoms with Gasteiger partial charge in [0.05, 0.1) is 0 Å². The van der Waals surface area contributed by atoms with Gasteiger partial charge in [0.2, 0.25) is 0 Å². The second kappa shape index (κ2) is 6.07. The third-order valence-corrected chi connectivity index (χ3v) is 5.73. The Hall–Kier alpha value is -1.54. The molecule has 0 spiro atoms. The third kappa shape index (κ3) is 2.93. The van der Waals surface area contributed by atoms with E-state index in [1.54, 1.807) is 6.07 Å². The van der Waals surface area contributed by atoms with Crippen LogP contribution in [0.4, 0.5) is 13.2 Å². The summed E-state index contributed by atoms with van der Waals surface area (Å²) in [6.07, 6.45) is 3.99. The Bertz CT molecular complexity index is 745. The van der Waals surface area contributed by atoms with Crippen LogP contribution in [-0.4, -0.2) is 38.0 Å². The zero-order valence-electron chi connectivity index (χ0n) is 12.9. The van der Waals surface area contributed by atoms with Gasteiger partial charge in [-0.25, -0.2) is 0 Å². The molecule has 3 rings (SSSR count). The van der Waals surface area contributed by atoms with E-state index in [1.807, 2.05) is 12.1 Å². The van der Waals surface area contributed by atoms with Crippen LogP contribution in [0, 0.1) is 0 Å². The maximum atomic E-state index is 12.6. The molecule has 24 heavy (non-hydrogen) atoms. The van der Waals surface area contributed by atoms with E-state index in [2.05, 4.69) is 15.7 Å². The van der Waals surface area contributed by atoms with Crippen molar-refractivity contribution in [3.8, 4) is 5.75 Å². The highest BCUT2D eigenvalue weighted by atomic mass is 32.2. The first-order chi connectivity index (χ1) is 11.2. The summed E-state index contributed by atoms with van der Waals surface area (Å²) in [6.45, 7) is 5.42. The van der Waals surface area contributed by atoms with Crippen molar-refractivity contribution in [1.29, 1.82) is 0 Å². The number of hydrogen-bond donors (Lipinski definition) is 0. The Morgan fingerprint density at radius 2 is 2.08 bits per heavy atom. The van der Waals surface area contributed by atoms with E-state index in [0.717, 1.165) is 31.5 Å². The molecule has 2 aliphatic rings. The highest BCUT2D eigenvalue weighted by Gasteiger charge is 2.49. The van der Waals surface area contributed by atoms with Gasteiger partial charge in [0.25, 0.3) is 0 Å². The summed E-state index contributed by atoms with van der Waals surface area (Å²) in [4.78, 5) is 2.31. The van der Waals surface area contributed by atoms with E-state index < -0.39 is 15.6 Å². The van der Waals surface area contributed by atoms with Gasteiger partial charge >= 0.3 is 15.6 Å². The molecule has 0 unspecified atom stereocenters. The lowest BCUT2D eigenvalue weighted by molar-refractivity contribution is -0.0500. The van der Waals surface area contributed by atoms with Gasteiger partial charge in [0, 0.05) is 18.5 Å². The number of fused-ring (bicyclic) bond motifs is 3. The fourth-order valence-corrected chi connectivity index (χ4v) is 4.28. The van der Waals surface area contributed by atoms with Gasteiger partial charge in [0.15, 0.2) is 0 Å². The van der Waals surface area contributed by atoms with Crippen molar-refractivity contribution in [2.24, 2.45) is 0 Å². The van der Waals surface area contributed by atoms with Gasteiger partial charge in [-0.15, -0.1) is 6.58 Å². The van der Waals surface area contributed by atoms with Crippen LogP contribution >= 0.6 is 0 Å². The predicted molar refractivity (Wildman–Crippen MR) is 83.3 cm³/mol. The fraction of sp³-hybridized carbons (Fsp3) is 0.500. The number of rotatable bonds is 4. The predicted octanol–water partition coefficient (Wildman–Crippen LogP) is 3.21. The van der Waals surface area contributed by atoms with Gasteiger partial charge in [-0.1, -0.05) is 18.2 Å². The number of nitrogens with zero attached hydrogens (tertiary/aromatic N) is 1. The Morgan fingerprint density at radius 3 is 2.75 bits per heavy atom. The van der Waals surface area contributed by atoms with E-state index in [-0.39, 0.29) is 11.7 Å². The molecule has 0 radical (unpaired) electrons. The van der Waals surface area contributed by atoms with Crippen molar-refractivity contribution < 1.29 is 25.8 Å². The molecule has 0 bridgehead atoms. The maximum absolute atomic E-state index is 12.6. The Labute approximate surface area is 139 Å². The summed E-state index contributed by atoms with van der Waals surface area (Å²) in [5, 5.41) is 0. The topological polar surface area (TPSA) is 46.6 Å². The quantitative estimate of drug-likeness (QED) is 0.469. The first-order valence-electron chi connectivity index (χ1n) is 7.72. The van der Waals surface area contributed by atoms with Crippen LogP contribution in [0.15, 0.2) is 30.9 Å². The van der Waals surface area contributed by atoms with E-state index in [1.165, 1.54) is 6.07 Å². The lowest BCUT2D eigenvalue weighted by atomic mass is 9.79.